The summed E-state index contributed by atoms with van der Waals surface area (Å²) in [4.78, 5) is 16.1. The van der Waals surface area contributed by atoms with Crippen molar-refractivity contribution in [2.24, 2.45) is 0 Å². The van der Waals surface area contributed by atoms with E-state index >= 15 is 0 Å². The molecule has 292 valence electrons. The van der Waals surface area contributed by atoms with Gasteiger partial charge in [-0.15, -0.1) is 0 Å². The first kappa shape index (κ1) is 34.1. The van der Waals surface area contributed by atoms with Gasteiger partial charge < -0.3 is 13.4 Å². The number of benzene rings is 10. The third kappa shape index (κ3) is 5.03. The first-order valence-corrected chi connectivity index (χ1v) is 21.2. The van der Waals surface area contributed by atoms with Crippen LogP contribution in [0.1, 0.15) is 0 Å². The molecule has 0 bridgehead atoms. The number of para-hydroxylation sites is 3. The lowest BCUT2D eigenvalue weighted by molar-refractivity contribution is 0.669. The number of rotatable bonds is 4. The smallest absolute Gasteiger partial charge is 0.167 e. The van der Waals surface area contributed by atoms with Crippen LogP contribution in [0.25, 0.3) is 138 Å². The zero-order valence-electron chi connectivity index (χ0n) is 33.6. The summed E-state index contributed by atoms with van der Waals surface area (Å²) >= 11 is 0. The Morgan fingerprint density at radius 3 is 1.78 bits per heavy atom. The monoisotopic (exact) mass is 804 g/mol. The van der Waals surface area contributed by atoms with Gasteiger partial charge in [-0.1, -0.05) is 146 Å². The molecule has 0 aliphatic carbocycles. The van der Waals surface area contributed by atoms with E-state index in [2.05, 4.69) is 174 Å². The van der Waals surface area contributed by atoms with E-state index in [1.54, 1.807) is 0 Å². The van der Waals surface area contributed by atoms with Crippen LogP contribution >= 0.6 is 0 Å². The first-order chi connectivity index (χ1) is 31.2. The summed E-state index contributed by atoms with van der Waals surface area (Å²) in [6.45, 7) is 0. The maximum atomic E-state index is 7.12. The highest BCUT2D eigenvalue weighted by molar-refractivity contribution is 6.19. The molecular weight excluding hydrogens is 773 g/mol. The molecule has 0 atom stereocenters. The predicted octanol–water partition coefficient (Wildman–Crippen LogP) is 15.2. The Balaban J connectivity index is 1.12. The highest BCUT2D eigenvalue weighted by Gasteiger charge is 2.24. The van der Waals surface area contributed by atoms with Crippen LogP contribution in [0.4, 0.5) is 0 Å². The molecule has 0 amide bonds. The number of furan rings is 2. The van der Waals surface area contributed by atoms with Gasteiger partial charge in [0.2, 0.25) is 0 Å². The van der Waals surface area contributed by atoms with E-state index < -0.39 is 0 Å². The van der Waals surface area contributed by atoms with Crippen molar-refractivity contribution in [3.8, 4) is 39.9 Å². The fourth-order valence-electron chi connectivity index (χ4n) is 9.89. The van der Waals surface area contributed by atoms with Gasteiger partial charge in [0.05, 0.1) is 22.3 Å². The molecule has 0 N–H and O–H groups in total. The van der Waals surface area contributed by atoms with Crippen molar-refractivity contribution in [3.63, 3.8) is 0 Å². The second kappa shape index (κ2) is 12.9. The molecule has 63 heavy (non-hydrogen) atoms. The van der Waals surface area contributed by atoms with Crippen molar-refractivity contribution in [1.82, 2.24) is 19.5 Å². The topological polar surface area (TPSA) is 69.9 Å². The normalized spacial score (nSPS) is 12.1. The lowest BCUT2D eigenvalue weighted by Gasteiger charge is -2.13. The highest BCUT2D eigenvalue weighted by atomic mass is 16.3. The van der Waals surface area contributed by atoms with Crippen molar-refractivity contribution in [3.05, 3.63) is 194 Å². The van der Waals surface area contributed by atoms with Crippen LogP contribution in [0.15, 0.2) is 203 Å². The maximum absolute atomic E-state index is 7.12. The number of hydrogen-bond acceptors (Lipinski definition) is 5. The van der Waals surface area contributed by atoms with E-state index in [9.17, 15) is 0 Å². The van der Waals surface area contributed by atoms with Crippen molar-refractivity contribution < 1.29 is 8.83 Å². The molecule has 0 radical (unpaired) electrons. The second-order valence-electron chi connectivity index (χ2n) is 16.3. The van der Waals surface area contributed by atoms with E-state index in [4.69, 9.17) is 23.8 Å². The SMILES string of the molecule is c1ccc2cc3c(cc2c1)c1ccccc1n3-c1cc(-c2nc(-c3cccc4ccccc34)nc(-c3cccc4c3oc3ccccc34)n2)cc2c1oc1c3ccccc3ccc21. The molecule has 0 unspecified atom stereocenters. The summed E-state index contributed by atoms with van der Waals surface area (Å²) < 4.78 is 16.1. The van der Waals surface area contributed by atoms with Gasteiger partial charge in [-0.05, 0) is 75.5 Å². The predicted molar refractivity (Wildman–Crippen MR) is 258 cm³/mol. The lowest BCUT2D eigenvalue weighted by atomic mass is 10.0. The summed E-state index contributed by atoms with van der Waals surface area (Å²) in [5.74, 6) is 1.65. The zero-order chi connectivity index (χ0) is 41.2. The average Bonchev–Trinajstić information content (AvgIpc) is 4.02. The third-order valence-electron chi connectivity index (χ3n) is 12.8. The van der Waals surface area contributed by atoms with Crippen molar-refractivity contribution in [1.29, 1.82) is 0 Å². The van der Waals surface area contributed by atoms with Gasteiger partial charge in [0.25, 0.3) is 0 Å². The summed E-state index contributed by atoms with van der Waals surface area (Å²) in [6.07, 6.45) is 0. The Morgan fingerprint density at radius 1 is 0.317 bits per heavy atom. The Kier molecular flexibility index (Phi) is 7.02. The van der Waals surface area contributed by atoms with E-state index in [1.807, 2.05) is 24.3 Å². The van der Waals surface area contributed by atoms with Crippen LogP contribution < -0.4 is 0 Å². The van der Waals surface area contributed by atoms with Gasteiger partial charge in [0.15, 0.2) is 23.1 Å². The fourth-order valence-corrected chi connectivity index (χ4v) is 9.89. The van der Waals surface area contributed by atoms with E-state index in [0.29, 0.717) is 17.5 Å². The van der Waals surface area contributed by atoms with Crippen LogP contribution in [0.2, 0.25) is 0 Å². The van der Waals surface area contributed by atoms with Gasteiger partial charge in [-0.2, -0.15) is 0 Å². The summed E-state index contributed by atoms with van der Waals surface area (Å²) in [5.41, 5.74) is 8.81. The van der Waals surface area contributed by atoms with Crippen LogP contribution in [0.3, 0.4) is 0 Å². The zero-order valence-corrected chi connectivity index (χ0v) is 33.6. The molecule has 6 heteroatoms. The Labute approximate surface area is 358 Å². The average molecular weight is 805 g/mol. The van der Waals surface area contributed by atoms with Crippen molar-refractivity contribution in [2.45, 2.75) is 0 Å². The second-order valence-corrected chi connectivity index (χ2v) is 16.3. The summed E-state index contributed by atoms with van der Waals surface area (Å²) in [7, 11) is 0. The molecule has 0 aliphatic rings. The maximum Gasteiger partial charge on any atom is 0.167 e. The molecule has 4 heterocycles. The fraction of sp³-hybridized carbons (Fsp3) is 0. The Hall–Kier alpha value is -8.61. The van der Waals surface area contributed by atoms with Crippen LogP contribution in [-0.2, 0) is 0 Å². The highest BCUT2D eigenvalue weighted by Crippen LogP contribution is 2.44. The third-order valence-corrected chi connectivity index (χ3v) is 12.8. The minimum Gasteiger partial charge on any atom is -0.455 e. The molecule has 4 aromatic heterocycles. The quantitative estimate of drug-likeness (QED) is 0.177. The number of nitrogens with zero attached hydrogens (tertiary/aromatic N) is 4. The van der Waals surface area contributed by atoms with Gasteiger partial charge in [0.1, 0.15) is 16.7 Å². The minimum atomic E-state index is 0.528. The number of hydrogen-bond donors (Lipinski definition) is 0. The van der Waals surface area contributed by atoms with E-state index in [0.717, 1.165) is 104 Å². The van der Waals surface area contributed by atoms with Crippen molar-refractivity contribution in [2.75, 3.05) is 0 Å². The van der Waals surface area contributed by atoms with Crippen LogP contribution in [-0.4, -0.2) is 19.5 Å². The summed E-state index contributed by atoms with van der Waals surface area (Å²) in [5, 5.41) is 13.1. The Bertz CT molecular complexity index is 4230. The molecule has 0 saturated heterocycles. The molecule has 0 saturated carbocycles. The molecule has 0 aliphatic heterocycles. The van der Waals surface area contributed by atoms with Crippen LogP contribution in [0.5, 0.6) is 0 Å². The van der Waals surface area contributed by atoms with Crippen molar-refractivity contribution >= 4 is 98.0 Å². The largest absolute Gasteiger partial charge is 0.455 e. The lowest BCUT2D eigenvalue weighted by Crippen LogP contribution is -2.02. The molecule has 10 aromatic carbocycles. The molecule has 6 nitrogen and oxygen atoms in total. The van der Waals surface area contributed by atoms with Crippen LogP contribution in [0, 0.1) is 0 Å². The Morgan fingerprint density at radius 2 is 0.921 bits per heavy atom. The van der Waals surface area contributed by atoms with E-state index in [-0.39, 0.29) is 0 Å². The van der Waals surface area contributed by atoms with Gasteiger partial charge in [-0.25, -0.2) is 15.0 Å². The van der Waals surface area contributed by atoms with E-state index in [1.165, 1.54) is 16.2 Å². The number of fused-ring (bicyclic) bond motifs is 13. The summed E-state index contributed by atoms with van der Waals surface area (Å²) in [6, 6.07) is 68.0. The first-order valence-electron chi connectivity index (χ1n) is 21.2. The van der Waals surface area contributed by atoms with Gasteiger partial charge in [-0.3, -0.25) is 0 Å². The molecule has 14 aromatic rings. The molecule has 0 fully saturated rings. The molecule has 14 rings (SSSR count). The minimum absolute atomic E-state index is 0.528. The molecule has 0 spiro atoms. The van der Waals surface area contributed by atoms with Gasteiger partial charge in [0, 0.05) is 48.8 Å². The molecular formula is C57H32N4O2. The standard InChI is InChI=1S/C57H32N4O2/c1-2-16-36-31-49-46(29-35(36)15-1)40-20-7-9-25-48(40)61(49)50-32-37(30-47-43-28-27-34-14-4-6-19-39(34)52(43)63-54(47)50)55-58-56(44-23-11-17-33-13-3-5-18-38(33)44)60-57(59-55)45-24-12-22-42-41-21-8-10-26-51(41)62-53(42)45/h1-32H. The van der Waals surface area contributed by atoms with Gasteiger partial charge >= 0.3 is 0 Å². The number of aromatic nitrogens is 4.